The molecule has 2 aromatic carbocycles. The third kappa shape index (κ3) is 3.00. The fourth-order valence-corrected chi connectivity index (χ4v) is 4.75. The lowest BCUT2D eigenvalue weighted by Gasteiger charge is -2.35. The molecule has 0 spiro atoms. The fraction of sp³-hybridized carbons (Fsp3) is 0.250. The van der Waals surface area contributed by atoms with Crippen molar-refractivity contribution in [1.29, 1.82) is 0 Å². The highest BCUT2D eigenvalue weighted by molar-refractivity contribution is 5.85. The second-order valence-electron chi connectivity index (χ2n) is 8.01. The number of aromatic nitrogens is 3. The molecule has 0 bridgehead atoms. The number of aromatic amines is 2. The number of H-pyrrole nitrogens is 2. The normalized spacial score (nSPS) is 16.5. The lowest BCUT2D eigenvalue weighted by molar-refractivity contribution is 0.215. The van der Waals surface area contributed by atoms with Gasteiger partial charge in [0.25, 0.3) is 5.56 Å². The van der Waals surface area contributed by atoms with Gasteiger partial charge in [-0.15, -0.1) is 0 Å². The van der Waals surface area contributed by atoms with Gasteiger partial charge in [-0.2, -0.15) is 0 Å². The molecular formula is C24H24N4O3. The van der Waals surface area contributed by atoms with Crippen LogP contribution in [-0.4, -0.2) is 37.6 Å². The SMILES string of the molecule is CCN1CCc2c([nH]c3ccccc23)[C@@H]1c1c(O)n(-c2cccc(C)c2)c(=O)[nH]c1=O. The molecule has 0 fully saturated rings. The molecule has 3 heterocycles. The van der Waals surface area contributed by atoms with Gasteiger partial charge in [-0.1, -0.05) is 37.3 Å². The minimum absolute atomic E-state index is 0.176. The summed E-state index contributed by atoms with van der Waals surface area (Å²) in [6.07, 6.45) is 0.847. The molecular weight excluding hydrogens is 392 g/mol. The van der Waals surface area contributed by atoms with Crippen molar-refractivity contribution >= 4 is 10.9 Å². The maximum atomic E-state index is 13.0. The van der Waals surface area contributed by atoms with Gasteiger partial charge in [-0.25, -0.2) is 9.36 Å². The van der Waals surface area contributed by atoms with Crippen molar-refractivity contribution in [3.63, 3.8) is 0 Å². The fourth-order valence-electron chi connectivity index (χ4n) is 4.75. The Labute approximate surface area is 178 Å². The zero-order valence-electron chi connectivity index (χ0n) is 17.5. The molecule has 1 atom stereocenters. The van der Waals surface area contributed by atoms with Gasteiger partial charge < -0.3 is 10.1 Å². The lowest BCUT2D eigenvalue weighted by Crippen LogP contribution is -2.41. The molecule has 0 amide bonds. The molecule has 1 aliphatic heterocycles. The Kier molecular flexibility index (Phi) is 4.55. The van der Waals surface area contributed by atoms with Crippen LogP contribution in [0.1, 0.15) is 35.3 Å². The van der Waals surface area contributed by atoms with Crippen LogP contribution in [0.3, 0.4) is 0 Å². The van der Waals surface area contributed by atoms with E-state index in [4.69, 9.17) is 0 Å². The molecule has 158 valence electrons. The van der Waals surface area contributed by atoms with Crippen LogP contribution in [0.4, 0.5) is 0 Å². The quantitative estimate of drug-likeness (QED) is 0.479. The first-order chi connectivity index (χ1) is 15.0. The number of para-hydroxylation sites is 1. The van der Waals surface area contributed by atoms with Gasteiger partial charge in [-0.05, 0) is 49.2 Å². The number of aryl methyl sites for hydroxylation is 1. The number of rotatable bonds is 3. The molecule has 4 aromatic rings. The van der Waals surface area contributed by atoms with E-state index in [0.29, 0.717) is 12.2 Å². The van der Waals surface area contributed by atoms with Gasteiger partial charge in [0.2, 0.25) is 5.88 Å². The third-order valence-electron chi connectivity index (χ3n) is 6.19. The number of nitrogens with one attached hydrogen (secondary N) is 2. The highest BCUT2D eigenvalue weighted by Crippen LogP contribution is 2.39. The van der Waals surface area contributed by atoms with E-state index < -0.39 is 17.3 Å². The van der Waals surface area contributed by atoms with Gasteiger partial charge >= 0.3 is 5.69 Å². The second-order valence-corrected chi connectivity index (χ2v) is 8.01. The zero-order valence-corrected chi connectivity index (χ0v) is 17.5. The van der Waals surface area contributed by atoms with Crippen LogP contribution in [-0.2, 0) is 6.42 Å². The molecule has 0 saturated heterocycles. The summed E-state index contributed by atoms with van der Waals surface area (Å²) in [6.45, 7) is 5.39. The van der Waals surface area contributed by atoms with E-state index in [-0.39, 0.29) is 11.4 Å². The van der Waals surface area contributed by atoms with E-state index in [1.165, 1.54) is 4.57 Å². The van der Waals surface area contributed by atoms with E-state index in [9.17, 15) is 14.7 Å². The Morgan fingerprint density at radius 1 is 1.10 bits per heavy atom. The van der Waals surface area contributed by atoms with Crippen LogP contribution in [0, 0.1) is 6.92 Å². The summed E-state index contributed by atoms with van der Waals surface area (Å²) in [5.74, 6) is -0.325. The molecule has 3 N–H and O–H groups in total. The number of hydrogen-bond acceptors (Lipinski definition) is 4. The third-order valence-corrected chi connectivity index (χ3v) is 6.19. The van der Waals surface area contributed by atoms with E-state index in [2.05, 4.69) is 20.9 Å². The lowest BCUT2D eigenvalue weighted by atomic mass is 9.93. The van der Waals surface area contributed by atoms with E-state index in [0.717, 1.165) is 40.7 Å². The minimum Gasteiger partial charge on any atom is -0.494 e. The summed E-state index contributed by atoms with van der Waals surface area (Å²) in [4.78, 5) is 33.7. The van der Waals surface area contributed by atoms with Crippen molar-refractivity contribution in [2.45, 2.75) is 26.3 Å². The van der Waals surface area contributed by atoms with Crippen LogP contribution in [0.5, 0.6) is 5.88 Å². The maximum absolute atomic E-state index is 13.0. The largest absolute Gasteiger partial charge is 0.494 e. The van der Waals surface area contributed by atoms with Crippen molar-refractivity contribution in [3.05, 3.63) is 91.8 Å². The summed E-state index contributed by atoms with van der Waals surface area (Å²) in [5.41, 5.74) is 3.45. The topological polar surface area (TPSA) is 94.1 Å². The first-order valence-electron chi connectivity index (χ1n) is 10.5. The average molecular weight is 416 g/mol. The molecule has 31 heavy (non-hydrogen) atoms. The van der Waals surface area contributed by atoms with Crippen LogP contribution < -0.4 is 11.2 Å². The van der Waals surface area contributed by atoms with E-state index in [1.54, 1.807) is 12.1 Å². The molecule has 2 aromatic heterocycles. The predicted octanol–water partition coefficient (Wildman–Crippen LogP) is 2.99. The second kappa shape index (κ2) is 7.28. The number of fused-ring (bicyclic) bond motifs is 3. The zero-order chi connectivity index (χ0) is 21.7. The number of aromatic hydroxyl groups is 1. The monoisotopic (exact) mass is 416 g/mol. The predicted molar refractivity (Wildman–Crippen MR) is 120 cm³/mol. The van der Waals surface area contributed by atoms with Gasteiger partial charge in [0.15, 0.2) is 0 Å². The summed E-state index contributed by atoms with van der Waals surface area (Å²) >= 11 is 0. The van der Waals surface area contributed by atoms with Gasteiger partial charge in [0.1, 0.15) is 5.56 Å². The summed E-state index contributed by atoms with van der Waals surface area (Å²) in [6, 6.07) is 14.8. The maximum Gasteiger partial charge on any atom is 0.335 e. The van der Waals surface area contributed by atoms with Crippen molar-refractivity contribution in [2.24, 2.45) is 0 Å². The number of likely N-dealkylation sites (N-methyl/N-ethyl adjacent to an activating group) is 1. The van der Waals surface area contributed by atoms with Crippen LogP contribution >= 0.6 is 0 Å². The molecule has 7 nitrogen and oxygen atoms in total. The molecule has 1 aliphatic rings. The van der Waals surface area contributed by atoms with Crippen molar-refractivity contribution in [3.8, 4) is 11.6 Å². The molecule has 0 unspecified atom stereocenters. The van der Waals surface area contributed by atoms with Gasteiger partial charge in [0, 0.05) is 23.1 Å². The first kappa shape index (κ1) is 19.4. The van der Waals surface area contributed by atoms with Crippen LogP contribution in [0.25, 0.3) is 16.6 Å². The van der Waals surface area contributed by atoms with Crippen molar-refractivity contribution < 1.29 is 5.11 Å². The van der Waals surface area contributed by atoms with E-state index in [1.807, 2.05) is 44.2 Å². The van der Waals surface area contributed by atoms with Gasteiger partial charge in [0.05, 0.1) is 11.7 Å². The number of nitrogens with zero attached hydrogens (tertiary/aromatic N) is 2. The van der Waals surface area contributed by atoms with Crippen molar-refractivity contribution in [1.82, 2.24) is 19.4 Å². The highest BCUT2D eigenvalue weighted by atomic mass is 16.3. The van der Waals surface area contributed by atoms with Crippen LogP contribution in [0.15, 0.2) is 58.1 Å². The number of hydrogen-bond donors (Lipinski definition) is 3. The Balaban J connectivity index is 1.79. The Morgan fingerprint density at radius 2 is 1.90 bits per heavy atom. The van der Waals surface area contributed by atoms with Gasteiger partial charge in [-0.3, -0.25) is 14.7 Å². The summed E-state index contributed by atoms with van der Waals surface area (Å²) in [7, 11) is 0. The Hall–Kier alpha value is -3.58. The number of benzene rings is 2. The van der Waals surface area contributed by atoms with E-state index >= 15 is 0 Å². The standard InChI is InChI=1S/C24H24N4O3/c1-3-27-12-11-17-16-9-4-5-10-18(16)25-20(17)21(27)19-22(29)26-24(31)28(23(19)30)15-8-6-7-14(2)13-15/h4-10,13,21,25,30H,3,11-12H2,1-2H3,(H,26,29,31)/t21-/m0/s1. The Morgan fingerprint density at radius 3 is 2.68 bits per heavy atom. The molecule has 7 heteroatoms. The summed E-state index contributed by atoms with van der Waals surface area (Å²) in [5, 5.41) is 12.4. The first-order valence-corrected chi connectivity index (χ1v) is 10.5. The molecule has 5 rings (SSSR count). The van der Waals surface area contributed by atoms with Crippen molar-refractivity contribution in [2.75, 3.05) is 13.1 Å². The average Bonchev–Trinajstić information content (AvgIpc) is 3.12. The molecule has 0 aliphatic carbocycles. The minimum atomic E-state index is -0.660. The smallest absolute Gasteiger partial charge is 0.335 e. The Bertz CT molecular complexity index is 1410. The highest BCUT2D eigenvalue weighted by Gasteiger charge is 2.35. The summed E-state index contributed by atoms with van der Waals surface area (Å²) < 4.78 is 1.18. The molecule has 0 radical (unpaired) electrons. The van der Waals surface area contributed by atoms with Crippen LogP contribution in [0.2, 0.25) is 0 Å². The molecule has 0 saturated carbocycles.